The Morgan fingerprint density at radius 2 is 2.19 bits per heavy atom. The van der Waals surface area contributed by atoms with Gasteiger partial charge in [0, 0.05) is 6.54 Å². The number of piperidine rings is 1. The number of carbonyl (C=O) groups is 1. The molecule has 1 heterocycles. The van der Waals surface area contributed by atoms with Crippen molar-refractivity contribution < 1.29 is 9.90 Å². The molecule has 1 saturated heterocycles. The molecule has 1 aliphatic heterocycles. The van der Waals surface area contributed by atoms with Crippen LogP contribution in [0.15, 0.2) is 0 Å². The highest BCUT2D eigenvalue weighted by Crippen LogP contribution is 2.37. The fourth-order valence-electron chi connectivity index (χ4n) is 2.47. The van der Waals surface area contributed by atoms with Crippen LogP contribution < -0.4 is 10.6 Å². The van der Waals surface area contributed by atoms with Gasteiger partial charge in [-0.05, 0) is 38.6 Å². The number of carbonyl (C=O) groups excluding carboxylic acids is 1. The van der Waals surface area contributed by atoms with Crippen molar-refractivity contribution in [1.82, 2.24) is 10.6 Å². The van der Waals surface area contributed by atoms with Gasteiger partial charge in [0.1, 0.15) is 0 Å². The predicted octanol–water partition coefficient (Wildman–Crippen LogP) is 0.407. The molecule has 0 bridgehead atoms. The molecule has 1 aliphatic carbocycles. The summed E-state index contributed by atoms with van der Waals surface area (Å²) in [5.74, 6) is 0.133. The van der Waals surface area contributed by atoms with Gasteiger partial charge in [-0.15, -0.1) is 0 Å². The van der Waals surface area contributed by atoms with E-state index in [9.17, 15) is 9.90 Å². The molecule has 1 saturated carbocycles. The normalized spacial score (nSPS) is 32.1. The number of hydrogen-bond donors (Lipinski definition) is 3. The molecule has 1 amide bonds. The molecule has 1 unspecified atom stereocenters. The topological polar surface area (TPSA) is 61.4 Å². The van der Waals surface area contributed by atoms with E-state index in [-0.39, 0.29) is 23.5 Å². The molecule has 0 aromatic rings. The van der Waals surface area contributed by atoms with Crippen LogP contribution in [0.1, 0.15) is 39.0 Å². The SMILES string of the molecule is CCC1(C(=O)NC2(CO)CC2)CCCNC1. The molecule has 1 atom stereocenters. The van der Waals surface area contributed by atoms with E-state index in [4.69, 9.17) is 0 Å². The maximum Gasteiger partial charge on any atom is 0.228 e. The van der Waals surface area contributed by atoms with Gasteiger partial charge in [0.15, 0.2) is 0 Å². The monoisotopic (exact) mass is 226 g/mol. The molecule has 0 spiro atoms. The van der Waals surface area contributed by atoms with Crippen LogP contribution in [0.3, 0.4) is 0 Å². The summed E-state index contributed by atoms with van der Waals surface area (Å²) in [6, 6.07) is 0. The summed E-state index contributed by atoms with van der Waals surface area (Å²) in [5, 5.41) is 15.6. The van der Waals surface area contributed by atoms with Crippen LogP contribution in [0, 0.1) is 5.41 Å². The molecule has 0 aromatic heterocycles. The smallest absolute Gasteiger partial charge is 0.228 e. The third-order valence-corrected chi connectivity index (χ3v) is 4.17. The minimum absolute atomic E-state index is 0.0754. The van der Waals surface area contributed by atoms with Gasteiger partial charge >= 0.3 is 0 Å². The Morgan fingerprint density at radius 3 is 2.62 bits per heavy atom. The zero-order valence-electron chi connectivity index (χ0n) is 10.0. The van der Waals surface area contributed by atoms with Crippen molar-refractivity contribution in [2.75, 3.05) is 19.7 Å². The highest BCUT2D eigenvalue weighted by Gasteiger charge is 2.47. The molecule has 0 aromatic carbocycles. The molecule has 2 fully saturated rings. The lowest BCUT2D eigenvalue weighted by Gasteiger charge is -2.36. The first kappa shape index (κ1) is 11.9. The van der Waals surface area contributed by atoms with Crippen LogP contribution in [0.25, 0.3) is 0 Å². The van der Waals surface area contributed by atoms with Gasteiger partial charge in [-0.1, -0.05) is 6.92 Å². The Kier molecular flexibility index (Phi) is 3.22. The predicted molar refractivity (Wildman–Crippen MR) is 62.0 cm³/mol. The number of aliphatic hydroxyl groups is 1. The van der Waals surface area contributed by atoms with Crippen LogP contribution in [-0.4, -0.2) is 36.2 Å². The third-order valence-electron chi connectivity index (χ3n) is 4.17. The second-order valence-corrected chi connectivity index (χ2v) is 5.31. The average molecular weight is 226 g/mol. The van der Waals surface area contributed by atoms with Crippen LogP contribution in [0.4, 0.5) is 0 Å². The Labute approximate surface area is 96.8 Å². The van der Waals surface area contributed by atoms with Gasteiger partial charge in [0.25, 0.3) is 0 Å². The number of amides is 1. The van der Waals surface area contributed by atoms with E-state index < -0.39 is 0 Å². The van der Waals surface area contributed by atoms with Gasteiger partial charge in [-0.25, -0.2) is 0 Å². The number of rotatable bonds is 4. The fourth-order valence-corrected chi connectivity index (χ4v) is 2.47. The van der Waals surface area contributed by atoms with E-state index in [1.54, 1.807) is 0 Å². The van der Waals surface area contributed by atoms with Crippen molar-refractivity contribution >= 4 is 5.91 Å². The number of aliphatic hydroxyl groups excluding tert-OH is 1. The largest absolute Gasteiger partial charge is 0.394 e. The van der Waals surface area contributed by atoms with E-state index >= 15 is 0 Å². The van der Waals surface area contributed by atoms with E-state index in [1.165, 1.54) is 0 Å². The lowest BCUT2D eigenvalue weighted by molar-refractivity contribution is -0.133. The van der Waals surface area contributed by atoms with E-state index in [1.807, 2.05) is 0 Å². The van der Waals surface area contributed by atoms with Crippen molar-refractivity contribution in [3.8, 4) is 0 Å². The van der Waals surface area contributed by atoms with Crippen molar-refractivity contribution in [2.45, 2.75) is 44.6 Å². The molecule has 2 aliphatic rings. The average Bonchev–Trinajstić information content (AvgIpc) is 3.10. The highest BCUT2D eigenvalue weighted by molar-refractivity contribution is 5.84. The van der Waals surface area contributed by atoms with Crippen LogP contribution in [0.2, 0.25) is 0 Å². The van der Waals surface area contributed by atoms with Gasteiger partial charge in [0.05, 0.1) is 17.6 Å². The van der Waals surface area contributed by atoms with Crippen molar-refractivity contribution in [3.63, 3.8) is 0 Å². The Morgan fingerprint density at radius 1 is 1.44 bits per heavy atom. The Bertz CT molecular complexity index is 268. The summed E-state index contributed by atoms with van der Waals surface area (Å²) in [5.41, 5.74) is -0.528. The minimum Gasteiger partial charge on any atom is -0.394 e. The minimum atomic E-state index is -0.281. The summed E-state index contributed by atoms with van der Waals surface area (Å²) in [6.45, 7) is 3.94. The quantitative estimate of drug-likeness (QED) is 0.650. The third kappa shape index (κ3) is 2.09. The molecule has 0 radical (unpaired) electrons. The lowest BCUT2D eigenvalue weighted by Crippen LogP contribution is -2.54. The zero-order chi connectivity index (χ0) is 11.6. The first-order chi connectivity index (χ1) is 7.66. The molecule has 92 valence electrons. The van der Waals surface area contributed by atoms with Crippen LogP contribution in [0.5, 0.6) is 0 Å². The van der Waals surface area contributed by atoms with E-state index in [0.29, 0.717) is 0 Å². The fraction of sp³-hybridized carbons (Fsp3) is 0.917. The maximum absolute atomic E-state index is 12.3. The maximum atomic E-state index is 12.3. The molecule has 4 nitrogen and oxygen atoms in total. The second-order valence-electron chi connectivity index (χ2n) is 5.31. The first-order valence-electron chi connectivity index (χ1n) is 6.31. The van der Waals surface area contributed by atoms with Crippen molar-refractivity contribution in [3.05, 3.63) is 0 Å². The van der Waals surface area contributed by atoms with Gasteiger partial charge in [0.2, 0.25) is 5.91 Å². The summed E-state index contributed by atoms with van der Waals surface area (Å²) >= 11 is 0. The lowest BCUT2D eigenvalue weighted by atomic mass is 9.77. The summed E-state index contributed by atoms with van der Waals surface area (Å²) in [6.07, 6.45) is 4.73. The number of hydrogen-bond acceptors (Lipinski definition) is 3. The molecule has 4 heteroatoms. The second kappa shape index (κ2) is 4.34. The Balaban J connectivity index is 2.00. The molecule has 2 rings (SSSR count). The standard InChI is InChI=1S/C12H22N2O2/c1-2-11(4-3-7-13-8-11)10(16)14-12(9-15)5-6-12/h13,15H,2-9H2,1H3,(H,14,16). The van der Waals surface area contributed by atoms with E-state index in [2.05, 4.69) is 17.6 Å². The van der Waals surface area contributed by atoms with E-state index in [0.717, 1.165) is 45.2 Å². The van der Waals surface area contributed by atoms with Gasteiger partial charge in [-0.3, -0.25) is 4.79 Å². The molecular formula is C12H22N2O2. The van der Waals surface area contributed by atoms with Crippen molar-refractivity contribution in [1.29, 1.82) is 0 Å². The summed E-state index contributed by atoms with van der Waals surface area (Å²) in [7, 11) is 0. The van der Waals surface area contributed by atoms with Gasteiger partial charge in [-0.2, -0.15) is 0 Å². The van der Waals surface area contributed by atoms with Gasteiger partial charge < -0.3 is 15.7 Å². The first-order valence-corrected chi connectivity index (χ1v) is 6.31. The highest BCUT2D eigenvalue weighted by atomic mass is 16.3. The van der Waals surface area contributed by atoms with Crippen molar-refractivity contribution in [2.24, 2.45) is 5.41 Å². The molecule has 3 N–H and O–H groups in total. The zero-order valence-corrected chi connectivity index (χ0v) is 10.0. The Hall–Kier alpha value is -0.610. The van der Waals surface area contributed by atoms with Crippen LogP contribution >= 0.6 is 0 Å². The van der Waals surface area contributed by atoms with Crippen LogP contribution in [-0.2, 0) is 4.79 Å². The molecular weight excluding hydrogens is 204 g/mol. The molecule has 16 heavy (non-hydrogen) atoms. The summed E-state index contributed by atoms with van der Waals surface area (Å²) in [4.78, 5) is 12.3. The number of nitrogens with one attached hydrogen (secondary N) is 2. The summed E-state index contributed by atoms with van der Waals surface area (Å²) < 4.78 is 0.